The number of hydrogen-bond donors (Lipinski definition) is 0. The average molecular weight is 271 g/mol. The van der Waals surface area contributed by atoms with E-state index in [4.69, 9.17) is 9.26 Å². The fraction of sp³-hybridized carbons (Fsp3) is 0.214. The molecule has 2 aromatic heterocycles. The van der Waals surface area contributed by atoms with Crippen molar-refractivity contribution in [2.45, 2.75) is 13.8 Å². The van der Waals surface area contributed by atoms with Gasteiger partial charge in [-0.1, -0.05) is 5.16 Å². The van der Waals surface area contributed by atoms with E-state index >= 15 is 0 Å². The normalized spacial score (nSPS) is 10.9. The van der Waals surface area contributed by atoms with Crippen molar-refractivity contribution in [3.8, 4) is 11.4 Å². The summed E-state index contributed by atoms with van der Waals surface area (Å²) in [4.78, 5) is 16.5. The van der Waals surface area contributed by atoms with Crippen molar-refractivity contribution in [3.05, 3.63) is 46.6 Å². The highest BCUT2D eigenvalue weighted by Crippen LogP contribution is 2.16. The number of aromatic nitrogens is 3. The van der Waals surface area contributed by atoms with Gasteiger partial charge < -0.3 is 9.26 Å². The Bertz CT molecular complexity index is 803. The fourth-order valence-corrected chi connectivity index (χ4v) is 2.03. The molecule has 0 aliphatic heterocycles. The van der Waals surface area contributed by atoms with Crippen LogP contribution in [-0.4, -0.2) is 21.3 Å². The molecular weight excluding hydrogens is 258 g/mol. The highest BCUT2D eigenvalue weighted by Gasteiger charge is 2.12. The van der Waals surface area contributed by atoms with Gasteiger partial charge in [0.2, 0.25) is 0 Å². The molecule has 0 aliphatic rings. The van der Waals surface area contributed by atoms with Gasteiger partial charge in [0.1, 0.15) is 17.5 Å². The lowest BCUT2D eigenvalue weighted by Gasteiger charge is -2.06. The van der Waals surface area contributed by atoms with Crippen LogP contribution < -0.4 is 10.3 Å². The van der Waals surface area contributed by atoms with Gasteiger partial charge >= 0.3 is 0 Å². The summed E-state index contributed by atoms with van der Waals surface area (Å²) < 4.78 is 11.8. The summed E-state index contributed by atoms with van der Waals surface area (Å²) in [5, 5.41) is 4.16. The first-order chi connectivity index (χ1) is 9.70. The SMILES string of the molecule is CCOc1ccc(-n2cnc3onc(C)c3c2=O)cc1. The van der Waals surface area contributed by atoms with Crippen LogP contribution in [0.5, 0.6) is 5.75 Å². The third kappa shape index (κ3) is 1.95. The van der Waals surface area contributed by atoms with E-state index in [0.717, 1.165) is 5.75 Å². The monoisotopic (exact) mass is 271 g/mol. The van der Waals surface area contributed by atoms with E-state index in [1.54, 1.807) is 6.92 Å². The first kappa shape index (κ1) is 12.4. The van der Waals surface area contributed by atoms with Crippen LogP contribution in [0.2, 0.25) is 0 Å². The third-order valence-corrected chi connectivity index (χ3v) is 2.99. The van der Waals surface area contributed by atoms with Crippen molar-refractivity contribution in [3.63, 3.8) is 0 Å². The fourth-order valence-electron chi connectivity index (χ4n) is 2.03. The second-order valence-electron chi connectivity index (χ2n) is 4.29. The zero-order valence-electron chi connectivity index (χ0n) is 11.2. The molecule has 0 N–H and O–H groups in total. The molecule has 0 saturated heterocycles. The Morgan fingerprint density at radius 1 is 1.30 bits per heavy atom. The van der Waals surface area contributed by atoms with E-state index in [0.29, 0.717) is 23.4 Å². The molecule has 6 nitrogen and oxygen atoms in total. The topological polar surface area (TPSA) is 70.2 Å². The van der Waals surface area contributed by atoms with E-state index in [1.807, 2.05) is 31.2 Å². The van der Waals surface area contributed by atoms with Crippen molar-refractivity contribution >= 4 is 11.1 Å². The number of aryl methyl sites for hydroxylation is 1. The Morgan fingerprint density at radius 3 is 2.75 bits per heavy atom. The van der Waals surface area contributed by atoms with Gasteiger partial charge in [-0.15, -0.1) is 0 Å². The molecule has 3 rings (SSSR count). The van der Waals surface area contributed by atoms with Gasteiger partial charge in [-0.3, -0.25) is 9.36 Å². The quantitative estimate of drug-likeness (QED) is 0.729. The van der Waals surface area contributed by atoms with Crippen LogP contribution in [0.1, 0.15) is 12.6 Å². The smallest absolute Gasteiger partial charge is 0.271 e. The number of ether oxygens (including phenoxy) is 1. The van der Waals surface area contributed by atoms with Gasteiger partial charge in [0.05, 0.1) is 18.0 Å². The minimum absolute atomic E-state index is 0.196. The molecule has 0 bridgehead atoms. The van der Waals surface area contributed by atoms with Gasteiger partial charge in [0, 0.05) is 0 Å². The van der Waals surface area contributed by atoms with Gasteiger partial charge in [-0.25, -0.2) is 4.98 Å². The maximum absolute atomic E-state index is 12.4. The number of fused-ring (bicyclic) bond motifs is 1. The lowest BCUT2D eigenvalue weighted by molar-refractivity contribution is 0.340. The van der Waals surface area contributed by atoms with Crippen LogP contribution in [0.15, 0.2) is 39.9 Å². The van der Waals surface area contributed by atoms with E-state index in [2.05, 4.69) is 10.1 Å². The molecule has 0 radical (unpaired) electrons. The molecule has 0 saturated carbocycles. The van der Waals surface area contributed by atoms with Crippen molar-refractivity contribution < 1.29 is 9.26 Å². The Labute approximate surface area is 114 Å². The van der Waals surface area contributed by atoms with Crippen LogP contribution >= 0.6 is 0 Å². The molecule has 6 heteroatoms. The van der Waals surface area contributed by atoms with Crippen molar-refractivity contribution in [2.24, 2.45) is 0 Å². The predicted molar refractivity (Wildman–Crippen MR) is 73.3 cm³/mol. The van der Waals surface area contributed by atoms with Crippen molar-refractivity contribution in [1.82, 2.24) is 14.7 Å². The highest BCUT2D eigenvalue weighted by molar-refractivity contribution is 5.74. The molecule has 20 heavy (non-hydrogen) atoms. The van der Waals surface area contributed by atoms with E-state index in [-0.39, 0.29) is 11.3 Å². The first-order valence-electron chi connectivity index (χ1n) is 6.27. The second-order valence-corrected chi connectivity index (χ2v) is 4.29. The van der Waals surface area contributed by atoms with Crippen LogP contribution in [0.4, 0.5) is 0 Å². The van der Waals surface area contributed by atoms with Gasteiger partial charge in [0.25, 0.3) is 11.3 Å². The van der Waals surface area contributed by atoms with Gasteiger partial charge in [0.15, 0.2) is 0 Å². The minimum atomic E-state index is -0.196. The molecule has 0 spiro atoms. The first-order valence-corrected chi connectivity index (χ1v) is 6.27. The molecular formula is C14H13N3O3. The Balaban J connectivity index is 2.12. The molecule has 0 unspecified atom stereocenters. The number of nitrogens with zero attached hydrogens (tertiary/aromatic N) is 3. The largest absolute Gasteiger partial charge is 0.494 e. The summed E-state index contributed by atoms with van der Waals surface area (Å²) in [5.41, 5.74) is 1.32. The maximum Gasteiger partial charge on any atom is 0.271 e. The lowest BCUT2D eigenvalue weighted by Crippen LogP contribution is -2.18. The number of benzene rings is 1. The number of rotatable bonds is 3. The van der Waals surface area contributed by atoms with Crippen molar-refractivity contribution in [2.75, 3.05) is 6.61 Å². The summed E-state index contributed by atoms with van der Waals surface area (Å²) >= 11 is 0. The molecule has 2 heterocycles. The van der Waals surface area contributed by atoms with E-state index < -0.39 is 0 Å². The summed E-state index contributed by atoms with van der Waals surface area (Å²) in [6.07, 6.45) is 1.44. The molecule has 0 atom stereocenters. The van der Waals surface area contributed by atoms with Crippen LogP contribution in [0.3, 0.4) is 0 Å². The Morgan fingerprint density at radius 2 is 2.05 bits per heavy atom. The molecule has 0 fully saturated rings. The molecule has 1 aromatic carbocycles. The van der Waals surface area contributed by atoms with Crippen molar-refractivity contribution in [1.29, 1.82) is 0 Å². The van der Waals surface area contributed by atoms with E-state index in [1.165, 1.54) is 10.9 Å². The van der Waals surface area contributed by atoms with Gasteiger partial charge in [-0.2, -0.15) is 0 Å². The van der Waals surface area contributed by atoms with E-state index in [9.17, 15) is 4.79 Å². The minimum Gasteiger partial charge on any atom is -0.494 e. The van der Waals surface area contributed by atoms with Gasteiger partial charge in [-0.05, 0) is 38.1 Å². The zero-order chi connectivity index (χ0) is 14.1. The Hall–Kier alpha value is -2.63. The number of hydrogen-bond acceptors (Lipinski definition) is 5. The summed E-state index contributed by atoms with van der Waals surface area (Å²) in [5.74, 6) is 0.763. The molecule has 3 aromatic rings. The lowest BCUT2D eigenvalue weighted by atomic mass is 10.3. The zero-order valence-corrected chi connectivity index (χ0v) is 11.2. The summed E-state index contributed by atoms with van der Waals surface area (Å²) in [6.45, 7) is 4.25. The Kier molecular flexibility index (Phi) is 2.98. The maximum atomic E-state index is 12.4. The van der Waals surface area contributed by atoms with Crippen LogP contribution in [0, 0.1) is 6.92 Å². The molecule has 0 aliphatic carbocycles. The summed E-state index contributed by atoms with van der Waals surface area (Å²) in [7, 11) is 0. The average Bonchev–Trinajstić information content (AvgIpc) is 2.83. The summed E-state index contributed by atoms with van der Waals surface area (Å²) in [6, 6.07) is 7.25. The van der Waals surface area contributed by atoms with Crippen LogP contribution in [-0.2, 0) is 0 Å². The molecule has 0 amide bonds. The van der Waals surface area contributed by atoms with Crippen LogP contribution in [0.25, 0.3) is 16.8 Å². The highest BCUT2D eigenvalue weighted by atomic mass is 16.5. The molecule has 102 valence electrons. The second kappa shape index (κ2) is 4.80. The standard InChI is InChI=1S/C14H13N3O3/c1-3-19-11-6-4-10(5-7-11)17-8-15-13-12(14(17)18)9(2)16-20-13/h4-8H,3H2,1-2H3. The third-order valence-electron chi connectivity index (χ3n) is 2.99. The predicted octanol–water partition coefficient (Wildman–Crippen LogP) is 2.08.